The largest absolute Gasteiger partial charge is 0.497 e. The molecule has 0 spiro atoms. The lowest BCUT2D eigenvalue weighted by Gasteiger charge is -2.19. The molecule has 0 unspecified atom stereocenters. The Morgan fingerprint density at radius 2 is 1.81 bits per heavy atom. The second kappa shape index (κ2) is 7.55. The van der Waals surface area contributed by atoms with Crippen LogP contribution in [-0.4, -0.2) is 27.3 Å². The highest BCUT2D eigenvalue weighted by molar-refractivity contribution is 5.48. The molecule has 2 aromatic rings. The molecule has 4 heteroatoms. The van der Waals surface area contributed by atoms with Crippen molar-refractivity contribution < 1.29 is 9.47 Å². The number of nitrogens with two attached hydrogens (primary N) is 1. The summed E-state index contributed by atoms with van der Waals surface area (Å²) in [5, 5.41) is 0. The van der Waals surface area contributed by atoms with Crippen LogP contribution in [0.25, 0.3) is 0 Å². The molecule has 0 aromatic heterocycles. The third kappa shape index (κ3) is 4.39. The summed E-state index contributed by atoms with van der Waals surface area (Å²) in [5.74, 6) is 1.73. The van der Waals surface area contributed by atoms with E-state index in [-0.39, 0.29) is 0 Å². The highest BCUT2D eigenvalue weighted by atomic mass is 16.5. The molecule has 0 aliphatic carbocycles. The van der Waals surface area contributed by atoms with Crippen molar-refractivity contribution >= 4 is 5.69 Å². The van der Waals surface area contributed by atoms with Gasteiger partial charge in [-0.15, -0.1) is 0 Å². The summed E-state index contributed by atoms with van der Waals surface area (Å²) >= 11 is 0. The van der Waals surface area contributed by atoms with Gasteiger partial charge in [-0.25, -0.2) is 0 Å². The van der Waals surface area contributed by atoms with Crippen molar-refractivity contribution in [3.63, 3.8) is 0 Å². The summed E-state index contributed by atoms with van der Waals surface area (Å²) in [4.78, 5) is 2.15. The molecule has 0 heterocycles. The van der Waals surface area contributed by atoms with Gasteiger partial charge in [-0.3, -0.25) is 0 Å². The molecule has 2 rings (SSSR count). The van der Waals surface area contributed by atoms with Gasteiger partial charge in [0.15, 0.2) is 0 Å². The maximum Gasteiger partial charge on any atom is 0.119 e. The van der Waals surface area contributed by atoms with Gasteiger partial charge in [0, 0.05) is 19.3 Å². The summed E-state index contributed by atoms with van der Waals surface area (Å²) in [6.45, 7) is 1.96. The summed E-state index contributed by atoms with van der Waals surface area (Å²) in [6, 6.07) is 15.9. The predicted molar refractivity (Wildman–Crippen MR) is 86.1 cm³/mol. The molecule has 0 saturated carbocycles. The molecule has 0 bridgehead atoms. The van der Waals surface area contributed by atoms with Crippen molar-refractivity contribution in [2.45, 2.75) is 6.54 Å². The first-order valence-corrected chi connectivity index (χ1v) is 7.00. The maximum atomic E-state index is 5.76. The number of rotatable bonds is 7. The maximum absolute atomic E-state index is 5.76. The van der Waals surface area contributed by atoms with Crippen molar-refractivity contribution in [3.8, 4) is 11.5 Å². The number of anilines is 1. The van der Waals surface area contributed by atoms with Gasteiger partial charge in [0.1, 0.15) is 18.1 Å². The standard InChI is InChI=1S/C17H22N2O2/c1-19(15-6-8-16(20-2)9-7-15)10-11-21-17-5-3-4-14(12-17)13-18/h3-9,12H,10-11,13,18H2,1-2H3. The van der Waals surface area contributed by atoms with Crippen LogP contribution in [0.5, 0.6) is 11.5 Å². The van der Waals surface area contributed by atoms with Gasteiger partial charge in [-0.05, 0) is 42.0 Å². The van der Waals surface area contributed by atoms with E-state index in [9.17, 15) is 0 Å². The van der Waals surface area contributed by atoms with E-state index < -0.39 is 0 Å². The molecular weight excluding hydrogens is 264 g/mol. The van der Waals surface area contributed by atoms with Gasteiger partial charge in [-0.1, -0.05) is 12.1 Å². The summed E-state index contributed by atoms with van der Waals surface area (Å²) in [5.41, 5.74) is 7.84. The van der Waals surface area contributed by atoms with Crippen LogP contribution in [0.15, 0.2) is 48.5 Å². The zero-order valence-corrected chi connectivity index (χ0v) is 12.6. The normalized spacial score (nSPS) is 10.2. The van der Waals surface area contributed by atoms with E-state index in [1.807, 2.05) is 55.6 Å². The lowest BCUT2D eigenvalue weighted by molar-refractivity contribution is 0.325. The zero-order valence-electron chi connectivity index (χ0n) is 12.6. The van der Waals surface area contributed by atoms with Crippen molar-refractivity contribution in [2.24, 2.45) is 5.73 Å². The van der Waals surface area contributed by atoms with E-state index in [4.69, 9.17) is 15.2 Å². The Bertz CT molecular complexity index is 555. The van der Waals surface area contributed by atoms with Crippen LogP contribution in [0, 0.1) is 0 Å². The van der Waals surface area contributed by atoms with E-state index in [0.29, 0.717) is 13.2 Å². The molecule has 0 atom stereocenters. The van der Waals surface area contributed by atoms with E-state index in [2.05, 4.69) is 4.90 Å². The first-order chi connectivity index (χ1) is 10.2. The smallest absolute Gasteiger partial charge is 0.119 e. The molecular formula is C17H22N2O2. The fourth-order valence-electron chi connectivity index (χ4n) is 2.03. The molecule has 2 N–H and O–H groups in total. The molecule has 0 saturated heterocycles. The molecule has 112 valence electrons. The minimum atomic E-state index is 0.531. The second-order valence-electron chi connectivity index (χ2n) is 4.82. The van der Waals surface area contributed by atoms with Crippen LogP contribution in [0.2, 0.25) is 0 Å². The molecule has 0 amide bonds. The van der Waals surface area contributed by atoms with Gasteiger partial charge in [0.25, 0.3) is 0 Å². The fourth-order valence-corrected chi connectivity index (χ4v) is 2.03. The van der Waals surface area contributed by atoms with E-state index >= 15 is 0 Å². The molecule has 0 aliphatic heterocycles. The molecule has 0 radical (unpaired) electrons. The first-order valence-electron chi connectivity index (χ1n) is 7.00. The van der Waals surface area contributed by atoms with Gasteiger partial charge >= 0.3 is 0 Å². The predicted octanol–water partition coefficient (Wildman–Crippen LogP) is 2.67. The van der Waals surface area contributed by atoms with Gasteiger partial charge in [-0.2, -0.15) is 0 Å². The highest BCUT2D eigenvalue weighted by Gasteiger charge is 2.02. The van der Waals surface area contributed by atoms with Crippen LogP contribution >= 0.6 is 0 Å². The quantitative estimate of drug-likeness (QED) is 0.850. The first kappa shape index (κ1) is 15.2. The molecule has 21 heavy (non-hydrogen) atoms. The Morgan fingerprint density at radius 3 is 2.48 bits per heavy atom. The Morgan fingerprint density at radius 1 is 1.05 bits per heavy atom. The van der Waals surface area contributed by atoms with Crippen LogP contribution in [0.1, 0.15) is 5.56 Å². The average Bonchev–Trinajstić information content (AvgIpc) is 2.55. The average molecular weight is 286 g/mol. The number of benzene rings is 2. The lowest BCUT2D eigenvalue weighted by Crippen LogP contribution is -2.23. The number of likely N-dealkylation sites (N-methyl/N-ethyl adjacent to an activating group) is 1. The molecule has 4 nitrogen and oxygen atoms in total. The Kier molecular flexibility index (Phi) is 5.46. The summed E-state index contributed by atoms with van der Waals surface area (Å²) in [6.07, 6.45) is 0. The number of hydrogen-bond donors (Lipinski definition) is 1. The Hall–Kier alpha value is -2.20. The van der Waals surface area contributed by atoms with Gasteiger partial charge in [0.2, 0.25) is 0 Å². The number of hydrogen-bond acceptors (Lipinski definition) is 4. The second-order valence-corrected chi connectivity index (χ2v) is 4.82. The zero-order chi connectivity index (χ0) is 15.1. The van der Waals surface area contributed by atoms with Gasteiger partial charge < -0.3 is 20.1 Å². The molecule has 0 fully saturated rings. The number of ether oxygens (including phenoxy) is 2. The van der Waals surface area contributed by atoms with E-state index in [1.165, 1.54) is 0 Å². The van der Waals surface area contributed by atoms with Crippen molar-refractivity contribution in [2.75, 3.05) is 32.2 Å². The SMILES string of the molecule is COc1ccc(N(C)CCOc2cccc(CN)c2)cc1. The molecule has 0 aliphatic rings. The van der Waals surface area contributed by atoms with Gasteiger partial charge in [0.05, 0.1) is 13.7 Å². The van der Waals surface area contributed by atoms with E-state index in [0.717, 1.165) is 29.3 Å². The van der Waals surface area contributed by atoms with Crippen LogP contribution in [-0.2, 0) is 6.54 Å². The van der Waals surface area contributed by atoms with Crippen molar-refractivity contribution in [1.29, 1.82) is 0 Å². The lowest BCUT2D eigenvalue weighted by atomic mass is 10.2. The Balaban J connectivity index is 1.84. The van der Waals surface area contributed by atoms with E-state index in [1.54, 1.807) is 7.11 Å². The van der Waals surface area contributed by atoms with Crippen molar-refractivity contribution in [1.82, 2.24) is 0 Å². The monoisotopic (exact) mass is 286 g/mol. The number of nitrogens with zero attached hydrogens (tertiary/aromatic N) is 1. The number of methoxy groups -OCH3 is 1. The fraction of sp³-hybridized carbons (Fsp3) is 0.294. The van der Waals surface area contributed by atoms with Crippen LogP contribution < -0.4 is 20.1 Å². The van der Waals surface area contributed by atoms with Crippen LogP contribution in [0.4, 0.5) is 5.69 Å². The third-order valence-corrected chi connectivity index (χ3v) is 3.34. The van der Waals surface area contributed by atoms with Crippen LogP contribution in [0.3, 0.4) is 0 Å². The minimum Gasteiger partial charge on any atom is -0.497 e. The minimum absolute atomic E-state index is 0.531. The topological polar surface area (TPSA) is 47.7 Å². The van der Waals surface area contributed by atoms with Crippen molar-refractivity contribution in [3.05, 3.63) is 54.1 Å². The summed E-state index contributed by atoms with van der Waals surface area (Å²) < 4.78 is 10.9. The highest BCUT2D eigenvalue weighted by Crippen LogP contribution is 2.18. The molecule has 2 aromatic carbocycles. The Labute approximate surface area is 126 Å². The summed E-state index contributed by atoms with van der Waals surface area (Å²) in [7, 11) is 3.71. The third-order valence-electron chi connectivity index (χ3n) is 3.34.